The van der Waals surface area contributed by atoms with Crippen LogP contribution >= 0.6 is 0 Å². The topological polar surface area (TPSA) is 109 Å². The van der Waals surface area contributed by atoms with Crippen LogP contribution in [-0.2, 0) is 16.0 Å². The number of nitrogens with zero attached hydrogens (tertiary/aromatic N) is 3. The second kappa shape index (κ2) is 8.75. The van der Waals surface area contributed by atoms with Crippen LogP contribution < -0.4 is 11.1 Å². The molecular weight excluding hydrogens is 394 g/mol. The number of urea groups is 1. The normalized spacial score (nSPS) is 23.3. The van der Waals surface area contributed by atoms with Crippen LogP contribution in [0.3, 0.4) is 0 Å². The van der Waals surface area contributed by atoms with Gasteiger partial charge in [-0.3, -0.25) is 14.5 Å². The Labute approximate surface area is 181 Å². The molecule has 8 heteroatoms. The van der Waals surface area contributed by atoms with E-state index in [9.17, 15) is 14.4 Å². The number of pyridine rings is 1. The number of aromatic nitrogens is 1. The molecule has 1 aromatic heterocycles. The van der Waals surface area contributed by atoms with Gasteiger partial charge in [0.1, 0.15) is 11.9 Å². The lowest BCUT2D eigenvalue weighted by Crippen LogP contribution is -2.70. The summed E-state index contributed by atoms with van der Waals surface area (Å²) in [6.45, 7) is 1.12. The van der Waals surface area contributed by atoms with Crippen molar-refractivity contribution in [2.75, 3.05) is 25.9 Å². The first-order valence-electron chi connectivity index (χ1n) is 10.6. The summed E-state index contributed by atoms with van der Waals surface area (Å²) in [5.74, 6) is -0.675. The molecule has 0 radical (unpaired) electrons. The van der Waals surface area contributed by atoms with Crippen molar-refractivity contribution in [2.45, 2.75) is 31.2 Å². The quantitative estimate of drug-likeness (QED) is 0.732. The number of amides is 4. The number of benzene rings is 1. The van der Waals surface area contributed by atoms with E-state index < -0.39 is 12.0 Å². The standard InChI is InChI=1S/C23H27N5O3/c1-25-21(29)20-18(12-15-9-10-26-19(24)13-15)22(30)28(20)23(31)27-11-5-8-17(14-27)16-6-3-2-4-7-16/h2-4,6-7,9-10,13,17-18,20H,5,8,11-12,14H2,1H3,(H2,24,26)(H,25,29)/t17?,18-,20+/m1/s1. The van der Waals surface area contributed by atoms with Crippen molar-refractivity contribution in [3.05, 3.63) is 59.8 Å². The number of nitrogens with two attached hydrogens (primary N) is 1. The molecule has 3 atom stereocenters. The molecule has 0 spiro atoms. The molecule has 0 saturated carbocycles. The van der Waals surface area contributed by atoms with Crippen LogP contribution in [0.1, 0.15) is 29.9 Å². The first-order valence-corrected chi connectivity index (χ1v) is 10.6. The third-order valence-electron chi connectivity index (χ3n) is 6.20. The average Bonchev–Trinajstić information content (AvgIpc) is 2.80. The van der Waals surface area contributed by atoms with Gasteiger partial charge < -0.3 is 16.0 Å². The van der Waals surface area contributed by atoms with Gasteiger partial charge in [-0.05, 0) is 42.5 Å². The minimum atomic E-state index is -0.823. The Balaban J connectivity index is 1.50. The minimum absolute atomic E-state index is 0.226. The molecule has 31 heavy (non-hydrogen) atoms. The van der Waals surface area contributed by atoms with E-state index in [1.54, 1.807) is 23.2 Å². The number of imide groups is 1. The molecule has 2 aliphatic heterocycles. The van der Waals surface area contributed by atoms with Crippen LogP contribution in [0.15, 0.2) is 48.7 Å². The lowest BCUT2D eigenvalue weighted by Gasteiger charge is -2.47. The Morgan fingerprint density at radius 1 is 1.23 bits per heavy atom. The molecule has 0 bridgehead atoms. The Morgan fingerprint density at radius 3 is 2.71 bits per heavy atom. The number of likely N-dealkylation sites (N-methyl/N-ethyl adjacent to an activating group) is 1. The van der Waals surface area contributed by atoms with Gasteiger partial charge in [0.15, 0.2) is 0 Å². The SMILES string of the molecule is CNC(=O)[C@@H]1[C@@H](Cc2ccnc(N)c2)C(=O)N1C(=O)N1CCCC(c2ccccc2)C1. The summed E-state index contributed by atoms with van der Waals surface area (Å²) < 4.78 is 0. The van der Waals surface area contributed by atoms with Crippen LogP contribution in [0, 0.1) is 5.92 Å². The fourth-order valence-corrected chi connectivity index (χ4v) is 4.58. The lowest BCUT2D eigenvalue weighted by molar-refractivity contribution is -0.158. The van der Waals surface area contributed by atoms with Gasteiger partial charge in [-0.25, -0.2) is 9.78 Å². The van der Waals surface area contributed by atoms with E-state index >= 15 is 0 Å². The third kappa shape index (κ3) is 4.10. The van der Waals surface area contributed by atoms with Gasteiger partial charge in [0.05, 0.1) is 5.92 Å². The second-order valence-corrected chi connectivity index (χ2v) is 8.15. The zero-order valence-corrected chi connectivity index (χ0v) is 17.5. The van der Waals surface area contributed by atoms with Crippen molar-refractivity contribution in [3.8, 4) is 0 Å². The molecule has 2 aliphatic rings. The highest BCUT2D eigenvalue weighted by atomic mass is 16.2. The fraction of sp³-hybridized carbons (Fsp3) is 0.391. The minimum Gasteiger partial charge on any atom is -0.384 e. The first kappa shape index (κ1) is 20.8. The van der Waals surface area contributed by atoms with Crippen LogP contribution in [0.5, 0.6) is 0 Å². The number of nitrogens with one attached hydrogen (secondary N) is 1. The maximum absolute atomic E-state index is 13.3. The van der Waals surface area contributed by atoms with E-state index in [1.165, 1.54) is 12.6 Å². The summed E-state index contributed by atoms with van der Waals surface area (Å²) in [7, 11) is 1.52. The summed E-state index contributed by atoms with van der Waals surface area (Å²) in [5, 5.41) is 2.60. The van der Waals surface area contributed by atoms with Crippen molar-refractivity contribution in [1.82, 2.24) is 20.1 Å². The number of carbonyl (C=O) groups excluding carboxylic acids is 3. The highest BCUT2D eigenvalue weighted by Crippen LogP contribution is 2.34. The van der Waals surface area contributed by atoms with Crippen molar-refractivity contribution in [1.29, 1.82) is 0 Å². The summed E-state index contributed by atoms with van der Waals surface area (Å²) >= 11 is 0. The molecular formula is C23H27N5O3. The zero-order valence-electron chi connectivity index (χ0n) is 17.5. The molecule has 1 aromatic carbocycles. The fourth-order valence-electron chi connectivity index (χ4n) is 4.58. The smallest absolute Gasteiger partial charge is 0.327 e. The lowest BCUT2D eigenvalue weighted by atomic mass is 9.82. The van der Waals surface area contributed by atoms with E-state index in [0.717, 1.165) is 23.3 Å². The van der Waals surface area contributed by atoms with Crippen LogP contribution in [0.4, 0.5) is 10.6 Å². The highest BCUT2D eigenvalue weighted by Gasteiger charge is 2.55. The predicted octanol–water partition coefficient (Wildman–Crippen LogP) is 1.78. The summed E-state index contributed by atoms with van der Waals surface area (Å²) in [5.41, 5.74) is 7.74. The van der Waals surface area contributed by atoms with Crippen molar-refractivity contribution >= 4 is 23.7 Å². The molecule has 4 rings (SSSR count). The zero-order chi connectivity index (χ0) is 22.0. The van der Waals surface area contributed by atoms with Gasteiger partial charge in [-0.15, -0.1) is 0 Å². The van der Waals surface area contributed by atoms with E-state index in [1.807, 2.05) is 18.2 Å². The van der Waals surface area contributed by atoms with Gasteiger partial charge in [-0.2, -0.15) is 0 Å². The number of carbonyl (C=O) groups is 3. The van der Waals surface area contributed by atoms with Gasteiger partial charge in [0.25, 0.3) is 0 Å². The largest absolute Gasteiger partial charge is 0.384 e. The van der Waals surface area contributed by atoms with E-state index in [2.05, 4.69) is 22.4 Å². The molecule has 1 unspecified atom stereocenters. The van der Waals surface area contributed by atoms with Crippen LogP contribution in [0.2, 0.25) is 0 Å². The third-order valence-corrected chi connectivity index (χ3v) is 6.20. The number of hydrogen-bond donors (Lipinski definition) is 2. The van der Waals surface area contributed by atoms with E-state index in [4.69, 9.17) is 5.73 Å². The summed E-state index contributed by atoms with van der Waals surface area (Å²) in [6, 6.07) is 12.3. The summed E-state index contributed by atoms with van der Waals surface area (Å²) in [4.78, 5) is 45.6. The number of hydrogen-bond acceptors (Lipinski definition) is 5. The average molecular weight is 422 g/mol. The van der Waals surface area contributed by atoms with Crippen molar-refractivity contribution in [2.24, 2.45) is 5.92 Å². The van der Waals surface area contributed by atoms with Crippen molar-refractivity contribution in [3.63, 3.8) is 0 Å². The monoisotopic (exact) mass is 421 g/mol. The number of piperidine rings is 1. The van der Waals surface area contributed by atoms with Gasteiger partial charge in [0.2, 0.25) is 11.8 Å². The molecule has 2 aromatic rings. The van der Waals surface area contributed by atoms with Crippen molar-refractivity contribution < 1.29 is 14.4 Å². The molecule has 2 fully saturated rings. The first-order chi connectivity index (χ1) is 15.0. The Hall–Kier alpha value is -3.42. The number of β-lactam (4-membered cyclic amide) rings is 1. The Bertz CT molecular complexity index is 980. The van der Waals surface area contributed by atoms with E-state index in [-0.39, 0.29) is 23.8 Å². The van der Waals surface area contributed by atoms with Crippen LogP contribution in [-0.4, -0.2) is 58.8 Å². The molecule has 4 amide bonds. The van der Waals surface area contributed by atoms with Gasteiger partial charge >= 0.3 is 6.03 Å². The number of rotatable bonds is 4. The number of nitrogen functional groups attached to an aromatic ring is 1. The molecule has 0 aliphatic carbocycles. The predicted molar refractivity (Wildman–Crippen MR) is 116 cm³/mol. The van der Waals surface area contributed by atoms with E-state index in [0.29, 0.717) is 25.3 Å². The van der Waals surface area contributed by atoms with Gasteiger partial charge in [-0.1, -0.05) is 30.3 Å². The molecule has 162 valence electrons. The Kier molecular flexibility index (Phi) is 5.88. The molecule has 3 N–H and O–H groups in total. The number of likely N-dealkylation sites (tertiary alicyclic amines) is 2. The Morgan fingerprint density at radius 2 is 2.00 bits per heavy atom. The van der Waals surface area contributed by atoms with Crippen LogP contribution in [0.25, 0.3) is 0 Å². The molecule has 8 nitrogen and oxygen atoms in total. The molecule has 2 saturated heterocycles. The second-order valence-electron chi connectivity index (χ2n) is 8.15. The summed E-state index contributed by atoms with van der Waals surface area (Å²) in [6.07, 6.45) is 3.76. The van der Waals surface area contributed by atoms with Gasteiger partial charge in [0, 0.05) is 32.3 Å². The maximum atomic E-state index is 13.3. The highest BCUT2D eigenvalue weighted by molar-refractivity contribution is 6.09. The number of anilines is 1. The molecule has 3 heterocycles. The maximum Gasteiger partial charge on any atom is 0.327 e.